The second-order valence-corrected chi connectivity index (χ2v) is 5.78. The number of carboxylic acids is 1. The monoisotopic (exact) mass is 268 g/mol. The van der Waals surface area contributed by atoms with Gasteiger partial charge in [-0.1, -0.05) is 0 Å². The highest BCUT2D eigenvalue weighted by atomic mass is 16.6. The van der Waals surface area contributed by atoms with Gasteiger partial charge in [-0.3, -0.25) is 4.79 Å². The van der Waals surface area contributed by atoms with Gasteiger partial charge in [0.25, 0.3) is 0 Å². The van der Waals surface area contributed by atoms with Crippen LogP contribution in [0.15, 0.2) is 0 Å². The molecule has 19 heavy (non-hydrogen) atoms. The number of nitriles is 1. The molecule has 1 fully saturated rings. The minimum absolute atomic E-state index is 0.108. The molecule has 0 aromatic carbocycles. The number of hydrogen-bond donors (Lipinski definition) is 1. The van der Waals surface area contributed by atoms with Gasteiger partial charge in [-0.25, -0.2) is 4.79 Å². The van der Waals surface area contributed by atoms with Crippen molar-refractivity contribution < 1.29 is 19.4 Å². The van der Waals surface area contributed by atoms with Crippen molar-refractivity contribution >= 4 is 12.1 Å². The SMILES string of the molecule is CC(C)(C)OC(=O)N1CC[C@H](CC#N)[C@@H](C(=O)O)C1. The molecule has 0 bridgehead atoms. The quantitative estimate of drug-likeness (QED) is 0.825. The minimum Gasteiger partial charge on any atom is -0.481 e. The number of rotatable bonds is 2. The number of ether oxygens (including phenoxy) is 1. The van der Waals surface area contributed by atoms with Crippen LogP contribution >= 0.6 is 0 Å². The molecule has 1 aliphatic rings. The van der Waals surface area contributed by atoms with E-state index in [0.717, 1.165) is 0 Å². The fourth-order valence-corrected chi connectivity index (χ4v) is 2.13. The smallest absolute Gasteiger partial charge is 0.410 e. The Morgan fingerprint density at radius 2 is 2.11 bits per heavy atom. The van der Waals surface area contributed by atoms with E-state index < -0.39 is 23.6 Å². The molecule has 0 spiro atoms. The first-order chi connectivity index (χ1) is 8.74. The van der Waals surface area contributed by atoms with Crippen LogP contribution in [-0.4, -0.2) is 40.8 Å². The van der Waals surface area contributed by atoms with E-state index in [0.29, 0.717) is 13.0 Å². The van der Waals surface area contributed by atoms with Gasteiger partial charge in [0, 0.05) is 19.5 Å². The summed E-state index contributed by atoms with van der Waals surface area (Å²) in [6.07, 6.45) is 0.234. The predicted octanol–water partition coefficient (Wildman–Crippen LogP) is 1.86. The van der Waals surface area contributed by atoms with Gasteiger partial charge >= 0.3 is 12.1 Å². The largest absolute Gasteiger partial charge is 0.481 e. The van der Waals surface area contributed by atoms with Crippen molar-refractivity contribution in [3.05, 3.63) is 0 Å². The Hall–Kier alpha value is -1.77. The molecule has 0 saturated carbocycles. The highest BCUT2D eigenvalue weighted by molar-refractivity contribution is 5.73. The summed E-state index contributed by atoms with van der Waals surface area (Å²) in [5, 5.41) is 17.9. The zero-order valence-corrected chi connectivity index (χ0v) is 11.5. The maximum atomic E-state index is 11.9. The number of carbonyl (C=O) groups is 2. The highest BCUT2D eigenvalue weighted by Gasteiger charge is 2.37. The van der Waals surface area contributed by atoms with E-state index in [-0.39, 0.29) is 18.9 Å². The molecule has 106 valence electrons. The lowest BCUT2D eigenvalue weighted by molar-refractivity contribution is -0.145. The van der Waals surface area contributed by atoms with Gasteiger partial charge < -0.3 is 14.7 Å². The number of nitrogens with zero attached hydrogens (tertiary/aromatic N) is 2. The first-order valence-electron chi connectivity index (χ1n) is 6.32. The number of carboxylic acid groups (broad SMARTS) is 1. The first kappa shape index (κ1) is 15.3. The molecule has 0 aromatic rings. The van der Waals surface area contributed by atoms with E-state index in [1.165, 1.54) is 4.90 Å². The van der Waals surface area contributed by atoms with Crippen molar-refractivity contribution in [2.24, 2.45) is 11.8 Å². The van der Waals surface area contributed by atoms with Crippen LogP contribution < -0.4 is 0 Å². The van der Waals surface area contributed by atoms with Crippen LogP contribution in [0.3, 0.4) is 0 Å². The minimum atomic E-state index is -0.964. The number of piperidine rings is 1. The lowest BCUT2D eigenvalue weighted by atomic mass is 9.84. The fourth-order valence-electron chi connectivity index (χ4n) is 2.13. The zero-order chi connectivity index (χ0) is 14.6. The molecule has 1 saturated heterocycles. The van der Waals surface area contributed by atoms with Gasteiger partial charge in [0.15, 0.2) is 0 Å². The maximum Gasteiger partial charge on any atom is 0.410 e. The van der Waals surface area contributed by atoms with E-state index in [1.54, 1.807) is 20.8 Å². The molecule has 1 N–H and O–H groups in total. The van der Waals surface area contributed by atoms with Crippen LogP contribution in [0.5, 0.6) is 0 Å². The van der Waals surface area contributed by atoms with Gasteiger partial charge in [-0.2, -0.15) is 5.26 Å². The van der Waals surface area contributed by atoms with Crippen molar-refractivity contribution in [1.82, 2.24) is 4.90 Å². The van der Waals surface area contributed by atoms with Crippen LogP contribution in [0.25, 0.3) is 0 Å². The number of hydrogen-bond acceptors (Lipinski definition) is 4. The molecule has 1 heterocycles. The second kappa shape index (κ2) is 5.91. The third-order valence-corrected chi connectivity index (χ3v) is 3.08. The first-order valence-corrected chi connectivity index (χ1v) is 6.32. The van der Waals surface area contributed by atoms with Crippen molar-refractivity contribution in [3.8, 4) is 6.07 Å². The Balaban J connectivity index is 2.69. The molecule has 2 atom stereocenters. The summed E-state index contributed by atoms with van der Waals surface area (Å²) in [7, 11) is 0. The van der Waals surface area contributed by atoms with Crippen LogP contribution in [-0.2, 0) is 9.53 Å². The summed E-state index contributed by atoms with van der Waals surface area (Å²) < 4.78 is 5.23. The summed E-state index contributed by atoms with van der Waals surface area (Å²) >= 11 is 0. The van der Waals surface area contributed by atoms with E-state index in [9.17, 15) is 14.7 Å². The van der Waals surface area contributed by atoms with Gasteiger partial charge in [0.1, 0.15) is 5.60 Å². The Kier molecular flexibility index (Phi) is 4.76. The molecule has 0 aromatic heterocycles. The van der Waals surface area contributed by atoms with Crippen LogP contribution in [0.1, 0.15) is 33.6 Å². The summed E-state index contributed by atoms with van der Waals surface area (Å²) in [6.45, 7) is 5.84. The van der Waals surface area contributed by atoms with Gasteiger partial charge in [0.2, 0.25) is 0 Å². The third kappa shape index (κ3) is 4.43. The zero-order valence-electron chi connectivity index (χ0n) is 11.5. The van der Waals surface area contributed by atoms with Crippen LogP contribution in [0.4, 0.5) is 4.79 Å². The summed E-state index contributed by atoms with van der Waals surface area (Å²) in [4.78, 5) is 24.5. The van der Waals surface area contributed by atoms with Gasteiger partial charge in [-0.05, 0) is 33.1 Å². The van der Waals surface area contributed by atoms with E-state index >= 15 is 0 Å². The molecule has 0 radical (unpaired) electrons. The van der Waals surface area contributed by atoms with Crippen molar-refractivity contribution in [2.45, 2.75) is 39.2 Å². The molecule has 1 aliphatic heterocycles. The van der Waals surface area contributed by atoms with E-state index in [1.807, 2.05) is 6.07 Å². The van der Waals surface area contributed by atoms with E-state index in [2.05, 4.69) is 0 Å². The predicted molar refractivity (Wildman–Crippen MR) is 67.3 cm³/mol. The maximum absolute atomic E-state index is 11.9. The number of aliphatic carboxylic acids is 1. The summed E-state index contributed by atoms with van der Waals surface area (Å²) in [6, 6.07) is 2.01. The lowest BCUT2D eigenvalue weighted by Crippen LogP contribution is -2.48. The molecule has 1 amide bonds. The Bertz CT molecular complexity index is 394. The van der Waals surface area contributed by atoms with Gasteiger partial charge in [-0.15, -0.1) is 0 Å². The molecule has 1 rings (SSSR count). The standard InChI is InChI=1S/C13H20N2O4/c1-13(2,3)19-12(18)15-7-5-9(4-6-14)10(8-15)11(16)17/h9-10H,4-5,7-8H2,1-3H3,(H,16,17)/t9-,10-/m0/s1. The van der Waals surface area contributed by atoms with Gasteiger partial charge in [0.05, 0.1) is 12.0 Å². The summed E-state index contributed by atoms with van der Waals surface area (Å²) in [5.74, 6) is -1.85. The highest BCUT2D eigenvalue weighted by Crippen LogP contribution is 2.27. The number of amides is 1. The fraction of sp³-hybridized carbons (Fsp3) is 0.769. The Morgan fingerprint density at radius 1 is 1.47 bits per heavy atom. The van der Waals surface area contributed by atoms with E-state index in [4.69, 9.17) is 10.00 Å². The third-order valence-electron chi connectivity index (χ3n) is 3.08. The second-order valence-electron chi connectivity index (χ2n) is 5.78. The van der Waals surface area contributed by atoms with Crippen LogP contribution in [0, 0.1) is 23.2 Å². The summed E-state index contributed by atoms with van der Waals surface area (Å²) in [5.41, 5.74) is -0.598. The number of carbonyl (C=O) groups excluding carboxylic acids is 1. The molecule has 0 aliphatic carbocycles. The average Bonchev–Trinajstić information content (AvgIpc) is 2.27. The Morgan fingerprint density at radius 3 is 2.58 bits per heavy atom. The van der Waals surface area contributed by atoms with Crippen molar-refractivity contribution in [2.75, 3.05) is 13.1 Å². The molecular formula is C13H20N2O4. The Labute approximate surface area is 112 Å². The number of likely N-dealkylation sites (tertiary alicyclic amines) is 1. The lowest BCUT2D eigenvalue weighted by Gasteiger charge is -2.36. The van der Waals surface area contributed by atoms with Crippen molar-refractivity contribution in [3.63, 3.8) is 0 Å². The molecule has 0 unspecified atom stereocenters. The molecule has 6 nitrogen and oxygen atoms in total. The van der Waals surface area contributed by atoms with Crippen LogP contribution in [0.2, 0.25) is 0 Å². The topological polar surface area (TPSA) is 90.6 Å². The van der Waals surface area contributed by atoms with Crippen molar-refractivity contribution in [1.29, 1.82) is 5.26 Å². The normalized spacial score (nSPS) is 23.6. The average molecular weight is 268 g/mol. The molecule has 6 heteroatoms. The molecular weight excluding hydrogens is 248 g/mol.